The van der Waals surface area contributed by atoms with E-state index in [4.69, 9.17) is 4.99 Å². The summed E-state index contributed by atoms with van der Waals surface area (Å²) in [6.45, 7) is 4.48. The number of hydrogen-bond donors (Lipinski definition) is 1. The number of halogens is 1. The van der Waals surface area contributed by atoms with E-state index in [1.165, 1.54) is 16.8 Å². The number of nitrogens with one attached hydrogen (secondary N) is 1. The number of quaternary nitrogens is 1. The highest BCUT2D eigenvalue weighted by Crippen LogP contribution is 2.35. The minimum atomic E-state index is -0.0341. The summed E-state index contributed by atoms with van der Waals surface area (Å²) in [4.78, 5) is 6.57. The Morgan fingerprint density at radius 2 is 1.62 bits per heavy atom. The minimum Gasteiger partial charge on any atom is -0.288 e. The SMILES string of the molecule is CC1(C)N=C(c2ccc(Br)cc2)[C@H]2[C@H](c3ccccc3)[NH+]21. The lowest BCUT2D eigenvalue weighted by molar-refractivity contribution is -0.837. The molecule has 1 fully saturated rings. The van der Waals surface area contributed by atoms with Gasteiger partial charge in [-0.25, -0.2) is 4.99 Å². The molecule has 0 aliphatic carbocycles. The van der Waals surface area contributed by atoms with Crippen LogP contribution in [0, 0.1) is 0 Å². The predicted octanol–water partition coefficient (Wildman–Crippen LogP) is 3.00. The van der Waals surface area contributed by atoms with E-state index in [1.807, 2.05) is 0 Å². The highest BCUT2D eigenvalue weighted by atomic mass is 79.9. The molecular formula is C18H18BrN2+. The fourth-order valence-electron chi connectivity index (χ4n) is 3.66. The molecule has 2 aromatic carbocycles. The molecule has 4 rings (SSSR count). The Kier molecular flexibility index (Phi) is 2.85. The van der Waals surface area contributed by atoms with Crippen LogP contribution in [0.2, 0.25) is 0 Å². The van der Waals surface area contributed by atoms with Gasteiger partial charge in [0, 0.05) is 29.4 Å². The first-order valence-corrected chi connectivity index (χ1v) is 8.15. The van der Waals surface area contributed by atoms with Crippen LogP contribution in [0.5, 0.6) is 0 Å². The third-order valence-corrected chi connectivity index (χ3v) is 5.12. The molecule has 0 saturated carbocycles. The van der Waals surface area contributed by atoms with Crippen molar-refractivity contribution in [3.8, 4) is 0 Å². The van der Waals surface area contributed by atoms with Gasteiger partial charge in [-0.2, -0.15) is 0 Å². The second kappa shape index (κ2) is 4.52. The van der Waals surface area contributed by atoms with Crippen LogP contribution in [0.1, 0.15) is 31.0 Å². The first-order valence-electron chi connectivity index (χ1n) is 7.36. The third-order valence-electron chi connectivity index (χ3n) is 4.59. The standard InChI is InChI=1S/C18H17BrN2/c1-18(2)20-15(12-8-10-14(19)11-9-12)17-16(21(17)18)13-6-4-3-5-7-13/h3-11,16-17H,1-2H3/p+1/t16-,17-,21?/m0/s1. The average molecular weight is 342 g/mol. The summed E-state index contributed by atoms with van der Waals surface area (Å²) in [5.41, 5.74) is 3.91. The molecule has 21 heavy (non-hydrogen) atoms. The molecule has 1 saturated heterocycles. The van der Waals surface area contributed by atoms with Gasteiger partial charge in [0.2, 0.25) is 0 Å². The lowest BCUT2D eigenvalue weighted by atomic mass is 10.0. The molecule has 2 aliphatic rings. The van der Waals surface area contributed by atoms with Crippen LogP contribution in [0.25, 0.3) is 0 Å². The van der Waals surface area contributed by atoms with Crippen molar-refractivity contribution in [3.05, 3.63) is 70.2 Å². The fourth-order valence-corrected chi connectivity index (χ4v) is 3.93. The number of rotatable bonds is 2. The molecule has 2 nitrogen and oxygen atoms in total. The van der Waals surface area contributed by atoms with Crippen LogP contribution in [0.15, 0.2) is 64.1 Å². The minimum absolute atomic E-state index is 0.0341. The maximum absolute atomic E-state index is 4.99. The molecule has 2 heterocycles. The van der Waals surface area contributed by atoms with Crippen molar-refractivity contribution >= 4 is 21.6 Å². The summed E-state index contributed by atoms with van der Waals surface area (Å²) in [6.07, 6.45) is 0. The summed E-state index contributed by atoms with van der Waals surface area (Å²) in [7, 11) is 0. The van der Waals surface area contributed by atoms with Crippen molar-refractivity contribution in [1.29, 1.82) is 0 Å². The van der Waals surface area contributed by atoms with Crippen LogP contribution in [0.3, 0.4) is 0 Å². The van der Waals surface area contributed by atoms with Gasteiger partial charge in [-0.1, -0.05) is 58.4 Å². The summed E-state index contributed by atoms with van der Waals surface area (Å²) < 4.78 is 1.11. The van der Waals surface area contributed by atoms with Crippen molar-refractivity contribution in [3.63, 3.8) is 0 Å². The van der Waals surface area contributed by atoms with Crippen molar-refractivity contribution in [1.82, 2.24) is 0 Å². The Balaban J connectivity index is 1.72. The number of nitrogens with zero attached hydrogens (tertiary/aromatic N) is 1. The number of hydrogen-bond acceptors (Lipinski definition) is 1. The maximum atomic E-state index is 4.99. The highest BCUT2D eigenvalue weighted by molar-refractivity contribution is 9.10. The molecule has 106 valence electrons. The molecule has 0 aromatic heterocycles. The van der Waals surface area contributed by atoms with Gasteiger partial charge in [-0.3, -0.25) is 4.90 Å². The Morgan fingerprint density at radius 3 is 2.29 bits per heavy atom. The lowest BCUT2D eigenvalue weighted by Crippen LogP contribution is -3.02. The van der Waals surface area contributed by atoms with E-state index in [-0.39, 0.29) is 5.66 Å². The topological polar surface area (TPSA) is 16.8 Å². The largest absolute Gasteiger partial charge is 0.288 e. The summed E-state index contributed by atoms with van der Waals surface area (Å²) >= 11 is 3.51. The van der Waals surface area contributed by atoms with Crippen molar-refractivity contribution < 1.29 is 4.90 Å². The Hall–Kier alpha value is -1.45. The van der Waals surface area contributed by atoms with Gasteiger partial charge < -0.3 is 0 Å². The van der Waals surface area contributed by atoms with Crippen LogP contribution in [0.4, 0.5) is 0 Å². The third kappa shape index (κ3) is 2.07. The predicted molar refractivity (Wildman–Crippen MR) is 88.7 cm³/mol. The van der Waals surface area contributed by atoms with E-state index in [2.05, 4.69) is 84.4 Å². The van der Waals surface area contributed by atoms with Crippen LogP contribution in [-0.4, -0.2) is 17.4 Å². The van der Waals surface area contributed by atoms with E-state index in [9.17, 15) is 0 Å². The van der Waals surface area contributed by atoms with Gasteiger partial charge in [-0.05, 0) is 12.1 Å². The molecule has 1 N–H and O–H groups in total. The van der Waals surface area contributed by atoms with Gasteiger partial charge >= 0.3 is 0 Å². The molecule has 1 unspecified atom stereocenters. The molecule has 2 aromatic rings. The van der Waals surface area contributed by atoms with E-state index < -0.39 is 0 Å². The van der Waals surface area contributed by atoms with Gasteiger partial charge in [0.1, 0.15) is 5.71 Å². The summed E-state index contributed by atoms with van der Waals surface area (Å²) in [5, 5.41) is 0. The molecule has 0 radical (unpaired) electrons. The van der Waals surface area contributed by atoms with E-state index >= 15 is 0 Å². The zero-order valence-corrected chi connectivity index (χ0v) is 13.8. The van der Waals surface area contributed by atoms with Crippen LogP contribution in [-0.2, 0) is 0 Å². The molecule has 0 spiro atoms. The van der Waals surface area contributed by atoms with E-state index in [0.29, 0.717) is 12.1 Å². The van der Waals surface area contributed by atoms with Crippen LogP contribution >= 0.6 is 15.9 Å². The fraction of sp³-hybridized carbons (Fsp3) is 0.278. The average Bonchev–Trinajstić information content (AvgIpc) is 3.17. The highest BCUT2D eigenvalue weighted by Gasteiger charge is 2.68. The van der Waals surface area contributed by atoms with Gasteiger partial charge in [-0.15, -0.1) is 0 Å². The Morgan fingerprint density at radius 1 is 0.952 bits per heavy atom. The van der Waals surface area contributed by atoms with Gasteiger partial charge in [0.25, 0.3) is 0 Å². The maximum Gasteiger partial charge on any atom is 0.190 e. The van der Waals surface area contributed by atoms with Crippen molar-refractivity contribution in [2.45, 2.75) is 31.6 Å². The van der Waals surface area contributed by atoms with Crippen molar-refractivity contribution in [2.24, 2.45) is 4.99 Å². The zero-order valence-electron chi connectivity index (χ0n) is 12.2. The number of benzene rings is 2. The second-order valence-electron chi connectivity index (χ2n) is 6.38. The molecule has 3 atom stereocenters. The second-order valence-corrected chi connectivity index (χ2v) is 7.30. The molecule has 3 heteroatoms. The smallest absolute Gasteiger partial charge is 0.190 e. The number of fused-ring (bicyclic) bond motifs is 1. The Bertz CT molecular complexity index is 704. The first kappa shape index (κ1) is 13.2. The first-order chi connectivity index (χ1) is 10.1. The van der Waals surface area contributed by atoms with Gasteiger partial charge in [0.15, 0.2) is 17.7 Å². The zero-order chi connectivity index (χ0) is 14.6. The van der Waals surface area contributed by atoms with Crippen LogP contribution < -0.4 is 4.90 Å². The van der Waals surface area contributed by atoms with E-state index in [0.717, 1.165) is 4.47 Å². The quantitative estimate of drug-likeness (QED) is 0.809. The number of aliphatic imine (C=N–C) groups is 1. The lowest BCUT2D eigenvalue weighted by Gasteiger charge is -2.16. The van der Waals surface area contributed by atoms with E-state index in [1.54, 1.807) is 4.90 Å². The van der Waals surface area contributed by atoms with Crippen molar-refractivity contribution in [2.75, 3.05) is 0 Å². The van der Waals surface area contributed by atoms with Gasteiger partial charge in [0.05, 0.1) is 0 Å². The monoisotopic (exact) mass is 341 g/mol. The normalized spacial score (nSPS) is 28.9. The Labute approximate surface area is 133 Å². The summed E-state index contributed by atoms with van der Waals surface area (Å²) in [6, 6.07) is 20.4. The summed E-state index contributed by atoms with van der Waals surface area (Å²) in [5.74, 6) is 0. The molecule has 0 bridgehead atoms. The molecular weight excluding hydrogens is 324 g/mol. The molecule has 2 aliphatic heterocycles. The molecule has 0 amide bonds.